The molecule has 1 heterocycles. The molecule has 3 nitrogen and oxygen atoms in total. The summed E-state index contributed by atoms with van der Waals surface area (Å²) in [5.41, 5.74) is 0. The topological polar surface area (TPSA) is 52.5 Å². The number of hydrogen-bond donors (Lipinski definition) is 3. The maximum atomic E-state index is 8.70. The second-order valence-corrected chi connectivity index (χ2v) is 3.86. The van der Waals surface area contributed by atoms with Crippen LogP contribution in [0.4, 0.5) is 0 Å². The summed E-state index contributed by atoms with van der Waals surface area (Å²) in [6.45, 7) is 2.07. The SMILES string of the molecule is OP(O)CC1CCNCC1. The number of hydrogen-bond acceptors (Lipinski definition) is 3. The molecule has 3 N–H and O–H groups in total. The number of rotatable bonds is 2. The van der Waals surface area contributed by atoms with Crippen molar-refractivity contribution < 1.29 is 9.79 Å². The monoisotopic (exact) mass is 163 g/mol. The predicted molar refractivity (Wildman–Crippen MR) is 41.8 cm³/mol. The molecule has 10 heavy (non-hydrogen) atoms. The van der Waals surface area contributed by atoms with Gasteiger partial charge < -0.3 is 15.1 Å². The lowest BCUT2D eigenvalue weighted by Crippen LogP contribution is -2.28. The number of nitrogens with one attached hydrogen (secondary N) is 1. The molecule has 1 aliphatic heterocycles. The first-order valence-corrected chi connectivity index (χ1v) is 5.08. The normalized spacial score (nSPS) is 21.9. The molecule has 0 saturated carbocycles. The zero-order valence-corrected chi connectivity index (χ0v) is 6.85. The van der Waals surface area contributed by atoms with Crippen molar-refractivity contribution in [1.82, 2.24) is 5.32 Å². The first-order valence-electron chi connectivity index (χ1n) is 3.65. The Bertz CT molecular complexity index is 93.7. The standard InChI is InChI=1S/C6H14NO2P/c8-10(9)5-6-1-3-7-4-2-6/h6-9H,1-5H2. The molecule has 0 aliphatic carbocycles. The fourth-order valence-electron chi connectivity index (χ4n) is 1.30. The Balaban J connectivity index is 2.13. The Morgan fingerprint density at radius 2 is 1.90 bits per heavy atom. The molecule has 0 aromatic heterocycles. The second kappa shape index (κ2) is 4.24. The van der Waals surface area contributed by atoms with Crippen LogP contribution in [-0.4, -0.2) is 29.0 Å². The highest BCUT2D eigenvalue weighted by molar-refractivity contribution is 7.45. The van der Waals surface area contributed by atoms with Crippen molar-refractivity contribution in [2.75, 3.05) is 19.3 Å². The smallest absolute Gasteiger partial charge is 0.165 e. The first-order chi connectivity index (χ1) is 4.79. The van der Waals surface area contributed by atoms with E-state index >= 15 is 0 Å². The van der Waals surface area contributed by atoms with Crippen molar-refractivity contribution in [3.05, 3.63) is 0 Å². The van der Waals surface area contributed by atoms with Crippen molar-refractivity contribution in [2.24, 2.45) is 5.92 Å². The van der Waals surface area contributed by atoms with Gasteiger partial charge in [0, 0.05) is 6.16 Å². The summed E-state index contributed by atoms with van der Waals surface area (Å²) in [5.74, 6) is 0.544. The fourth-order valence-corrected chi connectivity index (χ4v) is 2.12. The quantitative estimate of drug-likeness (QED) is 0.512. The molecule has 60 valence electrons. The molecule has 1 aliphatic rings. The average molecular weight is 163 g/mol. The van der Waals surface area contributed by atoms with Gasteiger partial charge in [-0.25, -0.2) is 0 Å². The molecular formula is C6H14NO2P. The summed E-state index contributed by atoms with van der Waals surface area (Å²) in [6, 6.07) is 0. The molecule has 0 radical (unpaired) electrons. The van der Waals surface area contributed by atoms with Crippen molar-refractivity contribution >= 4 is 8.38 Å². The van der Waals surface area contributed by atoms with Gasteiger partial charge in [0.1, 0.15) is 0 Å². The summed E-state index contributed by atoms with van der Waals surface area (Å²) in [4.78, 5) is 17.4. The molecule has 1 fully saturated rings. The lowest BCUT2D eigenvalue weighted by molar-refractivity contribution is 0.385. The highest BCUT2D eigenvalue weighted by Crippen LogP contribution is 2.29. The summed E-state index contributed by atoms with van der Waals surface area (Å²) in [7, 11) is -1.65. The van der Waals surface area contributed by atoms with Crippen LogP contribution >= 0.6 is 8.38 Å². The molecule has 0 amide bonds. The zero-order valence-electron chi connectivity index (χ0n) is 5.95. The minimum Gasteiger partial charge on any atom is -0.350 e. The molecule has 0 aromatic rings. The van der Waals surface area contributed by atoms with Crippen LogP contribution < -0.4 is 5.32 Å². The lowest BCUT2D eigenvalue weighted by atomic mass is 10.0. The van der Waals surface area contributed by atoms with Crippen LogP contribution in [0.3, 0.4) is 0 Å². The molecule has 0 atom stereocenters. The van der Waals surface area contributed by atoms with Gasteiger partial charge in [-0.1, -0.05) is 0 Å². The third kappa shape index (κ3) is 2.93. The van der Waals surface area contributed by atoms with Crippen molar-refractivity contribution in [2.45, 2.75) is 12.8 Å². The highest BCUT2D eigenvalue weighted by Gasteiger charge is 2.15. The van der Waals surface area contributed by atoms with E-state index in [1.165, 1.54) is 0 Å². The third-order valence-electron chi connectivity index (χ3n) is 1.88. The molecular weight excluding hydrogens is 149 g/mol. The van der Waals surface area contributed by atoms with Crippen LogP contribution in [0.1, 0.15) is 12.8 Å². The second-order valence-electron chi connectivity index (χ2n) is 2.75. The van der Waals surface area contributed by atoms with Crippen LogP contribution in [0, 0.1) is 5.92 Å². The molecule has 4 heteroatoms. The highest BCUT2D eigenvalue weighted by atomic mass is 31.2. The Morgan fingerprint density at radius 1 is 1.30 bits per heavy atom. The summed E-state index contributed by atoms with van der Waals surface area (Å²) in [6.07, 6.45) is 2.80. The lowest BCUT2D eigenvalue weighted by Gasteiger charge is -2.22. The van der Waals surface area contributed by atoms with Gasteiger partial charge in [-0.3, -0.25) is 0 Å². The predicted octanol–water partition coefficient (Wildman–Crippen LogP) is 0.283. The van der Waals surface area contributed by atoms with Crippen LogP contribution in [0.5, 0.6) is 0 Å². The van der Waals surface area contributed by atoms with E-state index in [2.05, 4.69) is 5.32 Å². The maximum absolute atomic E-state index is 8.70. The van der Waals surface area contributed by atoms with Gasteiger partial charge in [0.15, 0.2) is 8.38 Å². The zero-order chi connectivity index (χ0) is 7.40. The average Bonchev–Trinajstić information content (AvgIpc) is 1.88. The maximum Gasteiger partial charge on any atom is 0.165 e. The van der Waals surface area contributed by atoms with E-state index in [1.807, 2.05) is 0 Å². The van der Waals surface area contributed by atoms with Crippen molar-refractivity contribution in [3.63, 3.8) is 0 Å². The Kier molecular flexibility index (Phi) is 3.57. The van der Waals surface area contributed by atoms with E-state index in [0.717, 1.165) is 25.9 Å². The van der Waals surface area contributed by atoms with E-state index in [9.17, 15) is 0 Å². The van der Waals surface area contributed by atoms with Crippen molar-refractivity contribution in [1.29, 1.82) is 0 Å². The molecule has 0 unspecified atom stereocenters. The molecule has 1 rings (SSSR count). The largest absolute Gasteiger partial charge is 0.350 e. The van der Waals surface area contributed by atoms with E-state index in [1.54, 1.807) is 0 Å². The summed E-state index contributed by atoms with van der Waals surface area (Å²) < 4.78 is 0. The molecule has 0 bridgehead atoms. The van der Waals surface area contributed by atoms with Crippen LogP contribution in [0.25, 0.3) is 0 Å². The molecule has 0 aromatic carbocycles. The van der Waals surface area contributed by atoms with Gasteiger partial charge in [-0.15, -0.1) is 0 Å². The number of piperidine rings is 1. The molecule has 0 spiro atoms. The van der Waals surface area contributed by atoms with E-state index < -0.39 is 8.38 Å². The van der Waals surface area contributed by atoms with E-state index in [4.69, 9.17) is 9.79 Å². The summed E-state index contributed by atoms with van der Waals surface area (Å²) >= 11 is 0. The van der Waals surface area contributed by atoms with E-state index in [0.29, 0.717) is 12.1 Å². The third-order valence-corrected chi connectivity index (χ3v) is 2.72. The van der Waals surface area contributed by atoms with Gasteiger partial charge in [-0.05, 0) is 31.8 Å². The van der Waals surface area contributed by atoms with Crippen molar-refractivity contribution in [3.8, 4) is 0 Å². The summed E-state index contributed by atoms with van der Waals surface area (Å²) in [5, 5.41) is 3.23. The van der Waals surface area contributed by atoms with Gasteiger partial charge >= 0.3 is 0 Å². The Hall–Kier alpha value is 0.310. The minimum absolute atomic E-state index is 0.544. The van der Waals surface area contributed by atoms with Gasteiger partial charge in [0.05, 0.1) is 0 Å². The van der Waals surface area contributed by atoms with Gasteiger partial charge in [0.2, 0.25) is 0 Å². The van der Waals surface area contributed by atoms with Crippen LogP contribution in [-0.2, 0) is 0 Å². The first kappa shape index (κ1) is 8.41. The Labute approximate surface area is 62.4 Å². The van der Waals surface area contributed by atoms with Crippen LogP contribution in [0.2, 0.25) is 0 Å². The van der Waals surface area contributed by atoms with Crippen LogP contribution in [0.15, 0.2) is 0 Å². The molecule has 1 saturated heterocycles. The minimum atomic E-state index is -1.65. The Morgan fingerprint density at radius 3 is 2.40 bits per heavy atom. The van der Waals surface area contributed by atoms with E-state index in [-0.39, 0.29) is 0 Å². The fraction of sp³-hybridized carbons (Fsp3) is 1.00. The van der Waals surface area contributed by atoms with Gasteiger partial charge in [0.25, 0.3) is 0 Å². The van der Waals surface area contributed by atoms with Gasteiger partial charge in [-0.2, -0.15) is 0 Å².